The molecule has 2 aliphatic rings. The zero-order valence-electron chi connectivity index (χ0n) is 23.7. The summed E-state index contributed by atoms with van der Waals surface area (Å²) < 4.78 is 63.9. The molecular weight excluding hydrogens is 588 g/mol. The number of carbonyl (C=O) groups is 1. The Morgan fingerprint density at radius 1 is 1.30 bits per heavy atom. The number of fused-ring (bicyclic) bond motifs is 1. The minimum atomic E-state index is -4.62. The SMILES string of the molecule is CC(C)(C)n1cc(C(=O)NCC#Cc2nc3c(NC4CCN(C5(C#N)COC5)CC4F)cccn3c2SC(F)(F)F)cn1. The van der Waals surface area contributed by atoms with E-state index in [2.05, 4.69) is 38.6 Å². The molecular formula is C28H30F4N8O2S. The molecule has 2 aliphatic heterocycles. The Hall–Kier alpha value is -3.79. The van der Waals surface area contributed by atoms with Gasteiger partial charge in [0.15, 0.2) is 11.2 Å². The summed E-state index contributed by atoms with van der Waals surface area (Å²) in [5.74, 6) is 4.91. The number of nitrogens with one attached hydrogen (secondary N) is 2. The Labute approximate surface area is 249 Å². The van der Waals surface area contributed by atoms with Crippen molar-refractivity contribution in [1.29, 1.82) is 5.26 Å². The van der Waals surface area contributed by atoms with E-state index in [1.54, 1.807) is 27.9 Å². The van der Waals surface area contributed by atoms with Crippen LogP contribution in [0.15, 0.2) is 35.7 Å². The number of imidazole rings is 1. The van der Waals surface area contributed by atoms with Crippen LogP contribution in [0.4, 0.5) is 23.2 Å². The van der Waals surface area contributed by atoms with Crippen LogP contribution in [-0.4, -0.2) is 86.1 Å². The molecule has 0 aromatic carbocycles. The minimum absolute atomic E-state index is 0.0285. The van der Waals surface area contributed by atoms with Crippen molar-refractivity contribution in [2.24, 2.45) is 0 Å². The molecule has 5 rings (SSSR count). The molecule has 0 aliphatic carbocycles. The Bertz CT molecular complexity index is 1610. The second kappa shape index (κ2) is 11.7. The number of piperidine rings is 1. The topological polar surface area (TPSA) is 113 Å². The van der Waals surface area contributed by atoms with Crippen molar-refractivity contribution in [2.45, 2.75) is 61.0 Å². The molecule has 2 unspecified atom stereocenters. The standard InChI is InChI=1S/C28H30F4N8O2S/c1-26(2,3)40-13-18(12-35-40)24(41)34-9-4-6-22-25(43-28(30,31)32)39-10-5-7-21(23(39)37-22)36-20-8-11-38(14-19(20)29)27(15-33)16-42-17-27/h5,7,10,12-13,19-20,36H,8-9,11,14,16-17H2,1-3H3,(H,34,41). The van der Waals surface area contributed by atoms with Gasteiger partial charge in [0.1, 0.15) is 16.9 Å². The number of ether oxygens (including phenoxy) is 1. The van der Waals surface area contributed by atoms with Gasteiger partial charge in [0.2, 0.25) is 0 Å². The van der Waals surface area contributed by atoms with Crippen LogP contribution in [0.2, 0.25) is 0 Å². The molecule has 5 heterocycles. The summed E-state index contributed by atoms with van der Waals surface area (Å²) in [5, 5.41) is 19.2. The Morgan fingerprint density at radius 3 is 2.67 bits per heavy atom. The monoisotopic (exact) mass is 618 g/mol. The Morgan fingerprint density at radius 2 is 2.07 bits per heavy atom. The van der Waals surface area contributed by atoms with Crippen LogP contribution in [0.25, 0.3) is 5.65 Å². The van der Waals surface area contributed by atoms with Crippen molar-refractivity contribution < 1.29 is 27.1 Å². The number of pyridine rings is 1. The number of aromatic nitrogens is 4. The van der Waals surface area contributed by atoms with Crippen molar-refractivity contribution >= 4 is 29.0 Å². The van der Waals surface area contributed by atoms with E-state index in [-0.39, 0.29) is 60.0 Å². The predicted octanol–water partition coefficient (Wildman–Crippen LogP) is 3.80. The van der Waals surface area contributed by atoms with Crippen molar-refractivity contribution in [3.05, 3.63) is 42.0 Å². The van der Waals surface area contributed by atoms with Crippen molar-refractivity contribution in [1.82, 2.24) is 29.4 Å². The normalized spacial score (nSPS) is 20.5. The lowest BCUT2D eigenvalue weighted by Crippen LogP contribution is -2.65. The molecule has 2 atom stereocenters. The number of halogens is 4. The number of nitrogens with zero attached hydrogens (tertiary/aromatic N) is 6. The van der Waals surface area contributed by atoms with Gasteiger partial charge in [-0.15, -0.1) is 0 Å². The molecule has 0 saturated carbocycles. The zero-order valence-corrected chi connectivity index (χ0v) is 24.5. The summed E-state index contributed by atoms with van der Waals surface area (Å²) in [5.41, 5.74) is -5.03. The van der Waals surface area contributed by atoms with Crippen LogP contribution in [0.3, 0.4) is 0 Å². The van der Waals surface area contributed by atoms with Crippen LogP contribution >= 0.6 is 11.8 Å². The maximum Gasteiger partial charge on any atom is 0.447 e. The van der Waals surface area contributed by atoms with Gasteiger partial charge in [-0.05, 0) is 45.2 Å². The second-order valence-electron chi connectivity index (χ2n) is 11.4. The first kappa shape index (κ1) is 30.7. The van der Waals surface area contributed by atoms with Gasteiger partial charge >= 0.3 is 5.51 Å². The molecule has 10 nitrogen and oxygen atoms in total. The quantitative estimate of drug-likeness (QED) is 0.244. The molecule has 0 spiro atoms. The Kier molecular flexibility index (Phi) is 8.35. The molecule has 0 radical (unpaired) electrons. The van der Waals surface area contributed by atoms with Crippen LogP contribution in [-0.2, 0) is 10.3 Å². The second-order valence-corrected chi connectivity index (χ2v) is 12.4. The fourth-order valence-electron chi connectivity index (χ4n) is 4.88. The van der Waals surface area contributed by atoms with Gasteiger partial charge in [-0.1, -0.05) is 5.92 Å². The van der Waals surface area contributed by atoms with E-state index < -0.39 is 29.2 Å². The van der Waals surface area contributed by atoms with Crippen LogP contribution in [0.1, 0.15) is 43.2 Å². The van der Waals surface area contributed by atoms with Gasteiger partial charge in [-0.25, -0.2) is 9.37 Å². The van der Waals surface area contributed by atoms with Crippen LogP contribution in [0, 0.1) is 23.2 Å². The highest BCUT2D eigenvalue weighted by Gasteiger charge is 2.48. The predicted molar refractivity (Wildman–Crippen MR) is 151 cm³/mol. The minimum Gasteiger partial charge on any atom is -0.376 e. The average molecular weight is 619 g/mol. The number of rotatable bonds is 6. The first-order valence-corrected chi connectivity index (χ1v) is 14.3. The lowest BCUT2D eigenvalue weighted by Gasteiger charge is -2.48. The smallest absolute Gasteiger partial charge is 0.376 e. The largest absolute Gasteiger partial charge is 0.447 e. The van der Waals surface area contributed by atoms with E-state index >= 15 is 4.39 Å². The fraction of sp³-hybridized carbons (Fsp3) is 0.500. The molecule has 2 saturated heterocycles. The lowest BCUT2D eigenvalue weighted by molar-refractivity contribution is -0.121. The first-order valence-electron chi connectivity index (χ1n) is 13.5. The zero-order chi connectivity index (χ0) is 31.0. The van der Waals surface area contributed by atoms with Crippen LogP contribution in [0.5, 0.6) is 0 Å². The van der Waals surface area contributed by atoms with Gasteiger partial charge in [0.25, 0.3) is 5.91 Å². The van der Waals surface area contributed by atoms with Gasteiger partial charge in [0.05, 0.1) is 54.9 Å². The number of hydrogen-bond acceptors (Lipinski definition) is 8. The summed E-state index contributed by atoms with van der Waals surface area (Å²) in [7, 11) is 0. The Balaban J connectivity index is 1.33. The highest BCUT2D eigenvalue weighted by molar-refractivity contribution is 8.00. The number of thioether (sulfide) groups is 1. The summed E-state index contributed by atoms with van der Waals surface area (Å²) in [6.45, 7) is 6.64. The average Bonchev–Trinajstić information content (AvgIpc) is 3.54. The highest BCUT2D eigenvalue weighted by Crippen LogP contribution is 2.40. The molecule has 3 aromatic heterocycles. The maximum atomic E-state index is 15.3. The fourth-order valence-corrected chi connectivity index (χ4v) is 5.54. The number of likely N-dealkylation sites (tertiary alicyclic amines) is 1. The maximum absolute atomic E-state index is 15.3. The van der Waals surface area contributed by atoms with Crippen molar-refractivity contribution in [2.75, 3.05) is 38.2 Å². The summed E-state index contributed by atoms with van der Waals surface area (Å²) >= 11 is -0.352. The molecule has 2 fully saturated rings. The number of carbonyl (C=O) groups excluding carboxylic acids is 1. The van der Waals surface area contributed by atoms with E-state index in [0.29, 0.717) is 24.2 Å². The number of nitriles is 1. The van der Waals surface area contributed by atoms with Crippen LogP contribution < -0.4 is 10.6 Å². The van der Waals surface area contributed by atoms with Gasteiger partial charge < -0.3 is 15.4 Å². The molecule has 2 N–H and O–H groups in total. The van der Waals surface area contributed by atoms with E-state index in [1.165, 1.54) is 16.8 Å². The molecule has 0 bridgehead atoms. The van der Waals surface area contributed by atoms with E-state index in [1.807, 2.05) is 20.8 Å². The molecule has 3 aromatic rings. The molecule has 228 valence electrons. The summed E-state index contributed by atoms with van der Waals surface area (Å²) in [4.78, 5) is 18.7. The lowest BCUT2D eigenvalue weighted by atomic mass is 9.92. The third-order valence-corrected chi connectivity index (χ3v) is 8.09. The van der Waals surface area contributed by atoms with Gasteiger partial charge in [-0.3, -0.25) is 18.8 Å². The van der Waals surface area contributed by atoms with Gasteiger partial charge in [0, 0.05) is 37.2 Å². The summed E-state index contributed by atoms with van der Waals surface area (Å²) in [6.07, 6.45) is 3.50. The highest BCUT2D eigenvalue weighted by atomic mass is 32.2. The first-order chi connectivity index (χ1) is 20.3. The third kappa shape index (κ3) is 6.59. The number of hydrogen-bond donors (Lipinski definition) is 2. The molecule has 43 heavy (non-hydrogen) atoms. The van der Waals surface area contributed by atoms with E-state index in [0.717, 1.165) is 0 Å². The number of anilines is 1. The molecule has 15 heteroatoms. The van der Waals surface area contributed by atoms with Crippen molar-refractivity contribution in [3.8, 4) is 17.9 Å². The molecule has 1 amide bonds. The van der Waals surface area contributed by atoms with Crippen molar-refractivity contribution in [3.63, 3.8) is 0 Å². The number of alkyl halides is 4. The van der Waals surface area contributed by atoms with Gasteiger partial charge in [-0.2, -0.15) is 23.5 Å². The third-order valence-electron chi connectivity index (χ3n) is 7.27. The van der Waals surface area contributed by atoms with E-state index in [9.17, 15) is 23.2 Å². The van der Waals surface area contributed by atoms with E-state index in [4.69, 9.17) is 4.74 Å². The summed E-state index contributed by atoms with van der Waals surface area (Å²) in [6, 6.07) is 4.76. The number of amides is 1.